The van der Waals surface area contributed by atoms with E-state index in [9.17, 15) is 9.59 Å². The Hall–Kier alpha value is -2.54. The van der Waals surface area contributed by atoms with Gasteiger partial charge in [0.15, 0.2) is 5.16 Å². The number of nitrogens with one attached hydrogen (secondary N) is 2. The molecule has 0 aliphatic heterocycles. The van der Waals surface area contributed by atoms with Crippen molar-refractivity contribution in [1.82, 2.24) is 19.9 Å². The van der Waals surface area contributed by atoms with Gasteiger partial charge in [0.2, 0.25) is 5.91 Å². The molecule has 0 saturated heterocycles. The minimum absolute atomic E-state index is 0.0483. The molecule has 1 amide bonds. The highest BCUT2D eigenvalue weighted by Gasteiger charge is 2.14. The number of H-pyrrole nitrogens is 1. The van der Waals surface area contributed by atoms with Gasteiger partial charge < -0.3 is 10.3 Å². The second-order valence-electron chi connectivity index (χ2n) is 6.94. The lowest BCUT2D eigenvalue weighted by Gasteiger charge is -2.14. The topological polar surface area (TPSA) is 79.8 Å². The summed E-state index contributed by atoms with van der Waals surface area (Å²) in [5.41, 5.74) is 3.23. The Morgan fingerprint density at radius 2 is 2.07 bits per heavy atom. The number of amides is 1. The molecule has 7 heteroatoms. The number of benzene rings is 1. The number of hydrogen-bond acceptors (Lipinski definition) is 4. The molecule has 1 aromatic carbocycles. The van der Waals surface area contributed by atoms with Gasteiger partial charge in [0, 0.05) is 18.3 Å². The number of aryl methyl sites for hydroxylation is 2. The average Bonchev–Trinajstić information content (AvgIpc) is 3.06. The maximum absolute atomic E-state index is 12.6. The summed E-state index contributed by atoms with van der Waals surface area (Å²) in [5, 5.41) is 3.61. The first-order chi connectivity index (χ1) is 13.5. The molecule has 2 aromatic heterocycles. The van der Waals surface area contributed by atoms with Crippen molar-refractivity contribution in [2.75, 3.05) is 5.75 Å². The quantitative estimate of drug-likeness (QED) is 0.451. The third-order valence-corrected chi connectivity index (χ3v) is 5.58. The monoisotopic (exact) mass is 398 g/mol. The van der Waals surface area contributed by atoms with Crippen LogP contribution >= 0.6 is 11.8 Å². The zero-order valence-electron chi connectivity index (χ0n) is 16.5. The van der Waals surface area contributed by atoms with Crippen LogP contribution < -0.4 is 10.9 Å². The number of rotatable bonds is 8. The highest BCUT2D eigenvalue weighted by molar-refractivity contribution is 7.99. The van der Waals surface area contributed by atoms with Gasteiger partial charge in [-0.05, 0) is 45.2 Å². The lowest BCUT2D eigenvalue weighted by Crippen LogP contribution is -2.34. The number of aromatic amines is 1. The molecule has 0 aliphatic rings. The highest BCUT2D eigenvalue weighted by atomic mass is 32.2. The molecule has 2 N–H and O–H groups in total. The van der Waals surface area contributed by atoms with Crippen molar-refractivity contribution in [3.63, 3.8) is 0 Å². The smallest absolute Gasteiger partial charge is 0.278 e. The summed E-state index contributed by atoms with van der Waals surface area (Å²) >= 11 is 1.30. The molecule has 0 saturated carbocycles. The van der Waals surface area contributed by atoms with Crippen LogP contribution in [-0.2, 0) is 17.8 Å². The number of hydrogen-bond donors (Lipinski definition) is 2. The molecule has 0 fully saturated rings. The van der Waals surface area contributed by atoms with E-state index < -0.39 is 0 Å². The van der Waals surface area contributed by atoms with E-state index in [1.165, 1.54) is 17.3 Å². The van der Waals surface area contributed by atoms with E-state index in [2.05, 4.69) is 27.4 Å². The second-order valence-corrected chi connectivity index (χ2v) is 7.88. The van der Waals surface area contributed by atoms with Crippen LogP contribution in [0.15, 0.2) is 46.3 Å². The van der Waals surface area contributed by atoms with Crippen molar-refractivity contribution in [3.8, 4) is 0 Å². The van der Waals surface area contributed by atoms with E-state index in [-0.39, 0.29) is 23.3 Å². The van der Waals surface area contributed by atoms with Gasteiger partial charge in [-0.25, -0.2) is 4.98 Å². The maximum atomic E-state index is 12.6. The van der Waals surface area contributed by atoms with Crippen molar-refractivity contribution < 1.29 is 4.79 Å². The van der Waals surface area contributed by atoms with Crippen LogP contribution in [0.4, 0.5) is 0 Å². The standard InChI is InChI=1S/C21H26N4O2S/c1-4-25-20(27)19-17(12-15(3)23-19)24-21(25)28-13-18(26)22-14(2)10-11-16-8-6-5-7-9-16/h5-9,12,14,23H,4,10-11,13H2,1-3H3,(H,22,26). The Kier molecular flexibility index (Phi) is 6.57. The minimum Gasteiger partial charge on any atom is -0.353 e. The molecule has 2 heterocycles. The van der Waals surface area contributed by atoms with Crippen molar-refractivity contribution in [3.05, 3.63) is 58.0 Å². The van der Waals surface area contributed by atoms with Crippen LogP contribution in [0.3, 0.4) is 0 Å². The molecule has 28 heavy (non-hydrogen) atoms. The maximum Gasteiger partial charge on any atom is 0.278 e. The number of aromatic nitrogens is 3. The number of fused-ring (bicyclic) bond motifs is 1. The van der Waals surface area contributed by atoms with Gasteiger partial charge in [-0.3, -0.25) is 14.2 Å². The summed E-state index contributed by atoms with van der Waals surface area (Å²) < 4.78 is 1.61. The summed E-state index contributed by atoms with van der Waals surface area (Å²) in [6.07, 6.45) is 1.81. The lowest BCUT2D eigenvalue weighted by molar-refractivity contribution is -0.119. The zero-order valence-corrected chi connectivity index (χ0v) is 17.3. The number of carbonyl (C=O) groups excluding carboxylic acids is 1. The van der Waals surface area contributed by atoms with Crippen molar-refractivity contribution in [2.24, 2.45) is 0 Å². The van der Waals surface area contributed by atoms with E-state index >= 15 is 0 Å². The molecule has 148 valence electrons. The van der Waals surface area contributed by atoms with Crippen LogP contribution in [0, 0.1) is 6.92 Å². The molecule has 3 rings (SSSR count). The van der Waals surface area contributed by atoms with Crippen LogP contribution in [0.1, 0.15) is 31.5 Å². The minimum atomic E-state index is -0.0975. The van der Waals surface area contributed by atoms with E-state index in [4.69, 9.17) is 0 Å². The van der Waals surface area contributed by atoms with Crippen LogP contribution in [0.25, 0.3) is 11.0 Å². The van der Waals surface area contributed by atoms with Crippen molar-refractivity contribution >= 4 is 28.7 Å². The van der Waals surface area contributed by atoms with Crippen molar-refractivity contribution in [2.45, 2.75) is 51.4 Å². The Balaban J connectivity index is 1.58. The first-order valence-electron chi connectivity index (χ1n) is 9.54. The molecule has 0 radical (unpaired) electrons. The zero-order chi connectivity index (χ0) is 20.1. The molecule has 1 atom stereocenters. The Morgan fingerprint density at radius 1 is 1.32 bits per heavy atom. The predicted octanol–water partition coefficient (Wildman–Crippen LogP) is 3.28. The predicted molar refractivity (Wildman–Crippen MR) is 114 cm³/mol. The SMILES string of the molecule is CCn1c(SCC(=O)NC(C)CCc2ccccc2)nc2cc(C)[nH]c2c1=O. The summed E-state index contributed by atoms with van der Waals surface area (Å²) in [4.78, 5) is 32.6. The van der Waals surface area contributed by atoms with E-state index in [0.29, 0.717) is 22.7 Å². The van der Waals surface area contributed by atoms with Gasteiger partial charge >= 0.3 is 0 Å². The number of carbonyl (C=O) groups is 1. The van der Waals surface area contributed by atoms with E-state index in [1.54, 1.807) is 4.57 Å². The van der Waals surface area contributed by atoms with Gasteiger partial charge in [-0.2, -0.15) is 0 Å². The highest BCUT2D eigenvalue weighted by Crippen LogP contribution is 2.18. The fourth-order valence-corrected chi connectivity index (χ4v) is 4.02. The van der Waals surface area contributed by atoms with Gasteiger partial charge in [0.25, 0.3) is 5.56 Å². The van der Waals surface area contributed by atoms with Crippen LogP contribution in [0.2, 0.25) is 0 Å². The number of nitrogens with zero attached hydrogens (tertiary/aromatic N) is 2. The van der Waals surface area contributed by atoms with E-state index in [1.807, 2.05) is 45.0 Å². The largest absolute Gasteiger partial charge is 0.353 e. The Bertz CT molecular complexity index is 1010. The third-order valence-electron chi connectivity index (χ3n) is 4.60. The second kappa shape index (κ2) is 9.10. The molecule has 3 aromatic rings. The molecule has 6 nitrogen and oxygen atoms in total. The number of thioether (sulfide) groups is 1. The molecule has 1 unspecified atom stereocenters. The molecule has 0 bridgehead atoms. The summed E-state index contributed by atoms with van der Waals surface area (Å²) in [5.74, 6) is 0.185. The van der Waals surface area contributed by atoms with Gasteiger partial charge in [-0.15, -0.1) is 0 Å². The summed E-state index contributed by atoms with van der Waals surface area (Å²) in [6, 6.07) is 12.2. The molecular formula is C21H26N4O2S. The van der Waals surface area contributed by atoms with Crippen molar-refractivity contribution in [1.29, 1.82) is 0 Å². The van der Waals surface area contributed by atoms with Crippen LogP contribution in [0.5, 0.6) is 0 Å². The molecule has 0 aliphatic carbocycles. The first-order valence-corrected chi connectivity index (χ1v) is 10.5. The lowest BCUT2D eigenvalue weighted by atomic mass is 10.1. The first kappa shape index (κ1) is 20.2. The van der Waals surface area contributed by atoms with Gasteiger partial charge in [0.1, 0.15) is 5.52 Å². The Morgan fingerprint density at radius 3 is 2.79 bits per heavy atom. The normalized spacial score (nSPS) is 12.2. The third kappa shape index (κ3) is 4.84. The summed E-state index contributed by atoms with van der Waals surface area (Å²) in [6.45, 7) is 6.33. The molecule has 0 spiro atoms. The molecular weight excluding hydrogens is 372 g/mol. The fourth-order valence-electron chi connectivity index (χ4n) is 3.15. The summed E-state index contributed by atoms with van der Waals surface area (Å²) in [7, 11) is 0. The van der Waals surface area contributed by atoms with Gasteiger partial charge in [0.05, 0.1) is 11.3 Å². The fraction of sp³-hybridized carbons (Fsp3) is 0.381. The Labute approximate surface area is 168 Å². The van der Waals surface area contributed by atoms with E-state index in [0.717, 1.165) is 18.5 Å². The van der Waals surface area contributed by atoms with Gasteiger partial charge in [-0.1, -0.05) is 42.1 Å². The van der Waals surface area contributed by atoms with Crippen LogP contribution in [-0.4, -0.2) is 32.2 Å². The average molecular weight is 399 g/mol.